The summed E-state index contributed by atoms with van der Waals surface area (Å²) in [7, 11) is 0. The third-order valence-electron chi connectivity index (χ3n) is 3.18. The molecule has 1 aromatic heterocycles. The number of nitrogens with zero attached hydrogens (tertiary/aromatic N) is 3. The standard InChI is InChI=1S/C12H14N4S/c1-2-15-11(13-14-12(15)17)16-8-7-9-5-3-4-6-10(9)16/h3-6H,2,7-8H2,1H3,(H,14,17). The first-order chi connectivity index (χ1) is 8.31. The second-order valence-electron chi connectivity index (χ2n) is 4.10. The van der Waals surface area contributed by atoms with E-state index < -0.39 is 0 Å². The van der Waals surface area contributed by atoms with Gasteiger partial charge in [0.25, 0.3) is 0 Å². The first-order valence-corrected chi connectivity index (χ1v) is 6.22. The highest BCUT2D eigenvalue weighted by molar-refractivity contribution is 7.71. The van der Waals surface area contributed by atoms with E-state index in [1.54, 1.807) is 0 Å². The molecule has 17 heavy (non-hydrogen) atoms. The number of hydrogen-bond acceptors (Lipinski definition) is 3. The van der Waals surface area contributed by atoms with E-state index in [-0.39, 0.29) is 0 Å². The fraction of sp³-hybridized carbons (Fsp3) is 0.333. The third kappa shape index (κ3) is 1.58. The van der Waals surface area contributed by atoms with Gasteiger partial charge < -0.3 is 4.90 Å². The first-order valence-electron chi connectivity index (χ1n) is 5.82. The molecule has 0 fully saturated rings. The molecule has 4 nitrogen and oxygen atoms in total. The van der Waals surface area contributed by atoms with Crippen molar-refractivity contribution >= 4 is 23.9 Å². The van der Waals surface area contributed by atoms with Gasteiger partial charge >= 0.3 is 0 Å². The Bertz CT molecular complexity index is 599. The predicted octanol–water partition coefficient (Wildman–Crippen LogP) is 2.65. The quantitative estimate of drug-likeness (QED) is 0.828. The maximum atomic E-state index is 5.22. The van der Waals surface area contributed by atoms with Crippen molar-refractivity contribution in [1.82, 2.24) is 14.8 Å². The molecule has 1 aliphatic rings. The van der Waals surface area contributed by atoms with Gasteiger partial charge in [0, 0.05) is 18.8 Å². The third-order valence-corrected chi connectivity index (χ3v) is 3.49. The van der Waals surface area contributed by atoms with Crippen molar-refractivity contribution in [3.8, 4) is 0 Å². The van der Waals surface area contributed by atoms with Crippen LogP contribution in [0.5, 0.6) is 0 Å². The highest BCUT2D eigenvalue weighted by Gasteiger charge is 2.23. The zero-order valence-corrected chi connectivity index (χ0v) is 10.5. The zero-order valence-electron chi connectivity index (χ0n) is 9.68. The summed E-state index contributed by atoms with van der Waals surface area (Å²) in [5, 5.41) is 7.21. The van der Waals surface area contributed by atoms with Crippen LogP contribution in [-0.4, -0.2) is 21.3 Å². The number of para-hydroxylation sites is 1. The Hall–Kier alpha value is -1.62. The SMILES string of the molecule is CCn1c(N2CCc3ccccc32)n[nH]c1=S. The number of nitrogens with one attached hydrogen (secondary N) is 1. The lowest BCUT2D eigenvalue weighted by Crippen LogP contribution is -2.18. The minimum Gasteiger partial charge on any atom is -0.310 e. The molecule has 2 aromatic rings. The van der Waals surface area contributed by atoms with Gasteiger partial charge in [0.1, 0.15) is 0 Å². The fourth-order valence-corrected chi connectivity index (χ4v) is 2.60. The molecule has 0 bridgehead atoms. The van der Waals surface area contributed by atoms with Gasteiger partial charge in [-0.2, -0.15) is 0 Å². The highest BCUT2D eigenvalue weighted by Crippen LogP contribution is 2.32. The van der Waals surface area contributed by atoms with Gasteiger partial charge in [-0.1, -0.05) is 18.2 Å². The van der Waals surface area contributed by atoms with E-state index in [2.05, 4.69) is 46.3 Å². The summed E-state index contributed by atoms with van der Waals surface area (Å²) in [5.74, 6) is 0.919. The summed E-state index contributed by atoms with van der Waals surface area (Å²) in [6.45, 7) is 3.89. The Morgan fingerprint density at radius 3 is 3.06 bits per heavy atom. The highest BCUT2D eigenvalue weighted by atomic mass is 32.1. The number of benzene rings is 1. The van der Waals surface area contributed by atoms with E-state index in [1.165, 1.54) is 11.3 Å². The second kappa shape index (κ2) is 4.00. The Morgan fingerprint density at radius 1 is 1.41 bits per heavy atom. The first kappa shape index (κ1) is 10.5. The molecule has 0 aliphatic carbocycles. The van der Waals surface area contributed by atoms with Crippen LogP contribution in [0.2, 0.25) is 0 Å². The summed E-state index contributed by atoms with van der Waals surface area (Å²) in [4.78, 5) is 2.23. The van der Waals surface area contributed by atoms with Crippen LogP contribution in [0.3, 0.4) is 0 Å². The molecule has 1 aliphatic heterocycles. The minimum atomic E-state index is 0.687. The molecule has 1 aromatic carbocycles. The Kier molecular flexibility index (Phi) is 2.48. The van der Waals surface area contributed by atoms with Gasteiger partial charge in [-0.3, -0.25) is 4.57 Å². The van der Waals surface area contributed by atoms with Gasteiger partial charge in [-0.25, -0.2) is 5.10 Å². The smallest absolute Gasteiger partial charge is 0.230 e. The molecule has 88 valence electrons. The Morgan fingerprint density at radius 2 is 2.24 bits per heavy atom. The number of anilines is 2. The number of hydrogen-bond donors (Lipinski definition) is 1. The fourth-order valence-electron chi connectivity index (χ4n) is 2.35. The average Bonchev–Trinajstić information content (AvgIpc) is 2.92. The van der Waals surface area contributed by atoms with Crippen LogP contribution >= 0.6 is 12.2 Å². The van der Waals surface area contributed by atoms with E-state index in [0.717, 1.165) is 25.5 Å². The number of rotatable bonds is 2. The largest absolute Gasteiger partial charge is 0.310 e. The van der Waals surface area contributed by atoms with E-state index in [0.29, 0.717) is 4.77 Å². The molecular weight excluding hydrogens is 232 g/mol. The molecule has 3 rings (SSSR count). The number of aromatic amines is 1. The van der Waals surface area contributed by atoms with Crippen molar-refractivity contribution in [2.24, 2.45) is 0 Å². The van der Waals surface area contributed by atoms with Crippen molar-refractivity contribution in [3.63, 3.8) is 0 Å². The van der Waals surface area contributed by atoms with Crippen LogP contribution in [0.15, 0.2) is 24.3 Å². The predicted molar refractivity (Wildman–Crippen MR) is 70.2 cm³/mol. The van der Waals surface area contributed by atoms with Gasteiger partial charge in [0.15, 0.2) is 4.77 Å². The van der Waals surface area contributed by atoms with Crippen LogP contribution in [0.4, 0.5) is 11.6 Å². The molecule has 5 heteroatoms. The molecule has 0 unspecified atom stereocenters. The van der Waals surface area contributed by atoms with Crippen molar-refractivity contribution in [3.05, 3.63) is 34.6 Å². The summed E-state index contributed by atoms with van der Waals surface area (Å²) in [5.41, 5.74) is 2.63. The van der Waals surface area contributed by atoms with E-state index in [4.69, 9.17) is 12.2 Å². The monoisotopic (exact) mass is 246 g/mol. The molecule has 0 atom stereocenters. The summed E-state index contributed by atoms with van der Waals surface area (Å²) >= 11 is 5.22. The van der Waals surface area contributed by atoms with E-state index in [9.17, 15) is 0 Å². The maximum Gasteiger partial charge on any atom is 0.230 e. The van der Waals surface area contributed by atoms with Gasteiger partial charge in [-0.05, 0) is 37.2 Å². The van der Waals surface area contributed by atoms with Crippen molar-refractivity contribution in [2.75, 3.05) is 11.4 Å². The van der Waals surface area contributed by atoms with Crippen LogP contribution in [0.1, 0.15) is 12.5 Å². The van der Waals surface area contributed by atoms with Crippen molar-refractivity contribution < 1.29 is 0 Å². The van der Waals surface area contributed by atoms with E-state index in [1.807, 2.05) is 4.57 Å². The van der Waals surface area contributed by atoms with Gasteiger partial charge in [-0.15, -0.1) is 5.10 Å². The van der Waals surface area contributed by atoms with Crippen LogP contribution < -0.4 is 4.90 Å². The van der Waals surface area contributed by atoms with E-state index >= 15 is 0 Å². The minimum absolute atomic E-state index is 0.687. The topological polar surface area (TPSA) is 36.9 Å². The van der Waals surface area contributed by atoms with Crippen LogP contribution in [0.25, 0.3) is 0 Å². The van der Waals surface area contributed by atoms with Crippen LogP contribution in [0, 0.1) is 4.77 Å². The summed E-state index contributed by atoms with van der Waals surface area (Å²) in [6, 6.07) is 8.46. The molecule has 0 spiro atoms. The lowest BCUT2D eigenvalue weighted by atomic mass is 10.2. The van der Waals surface area contributed by atoms with Gasteiger partial charge in [0.05, 0.1) is 0 Å². The number of H-pyrrole nitrogens is 1. The van der Waals surface area contributed by atoms with Crippen LogP contribution in [-0.2, 0) is 13.0 Å². The lowest BCUT2D eigenvalue weighted by Gasteiger charge is -2.18. The summed E-state index contributed by atoms with van der Waals surface area (Å²) in [6.07, 6.45) is 1.07. The zero-order chi connectivity index (χ0) is 11.8. The molecule has 0 radical (unpaired) electrons. The molecule has 0 amide bonds. The molecule has 0 saturated carbocycles. The van der Waals surface area contributed by atoms with Crippen molar-refractivity contribution in [1.29, 1.82) is 0 Å². The molecule has 1 N–H and O–H groups in total. The average molecular weight is 246 g/mol. The summed E-state index contributed by atoms with van der Waals surface area (Å²) < 4.78 is 2.71. The Balaban J connectivity index is 2.10. The number of aromatic nitrogens is 3. The number of fused-ring (bicyclic) bond motifs is 1. The molecular formula is C12H14N4S. The maximum absolute atomic E-state index is 5.22. The normalized spacial score (nSPS) is 14.1. The molecule has 2 heterocycles. The molecule has 0 saturated heterocycles. The van der Waals surface area contributed by atoms with Gasteiger partial charge in [0.2, 0.25) is 5.95 Å². The second-order valence-corrected chi connectivity index (χ2v) is 4.49. The Labute approximate surface area is 105 Å². The van der Waals surface area contributed by atoms with Crippen molar-refractivity contribution in [2.45, 2.75) is 19.9 Å². The lowest BCUT2D eigenvalue weighted by molar-refractivity contribution is 0.734.